The van der Waals surface area contributed by atoms with Crippen LogP contribution in [0.5, 0.6) is 0 Å². The van der Waals surface area contributed by atoms with Crippen molar-refractivity contribution in [3.8, 4) is 0 Å². The van der Waals surface area contributed by atoms with E-state index in [1.165, 1.54) is 0 Å². The van der Waals surface area contributed by atoms with Gasteiger partial charge in [0.15, 0.2) is 0 Å². The lowest BCUT2D eigenvalue weighted by Gasteiger charge is -1.75. The average Bonchev–Trinajstić information content (AvgIpc) is 2.14. The molecule has 0 bridgehead atoms. The van der Waals surface area contributed by atoms with Crippen LogP contribution in [0, 0.1) is 0 Å². The summed E-state index contributed by atoms with van der Waals surface area (Å²) < 4.78 is 0. The van der Waals surface area contributed by atoms with Crippen molar-refractivity contribution < 1.29 is 0 Å². The van der Waals surface area contributed by atoms with Crippen LogP contribution >= 0.6 is 10.5 Å². The van der Waals surface area contributed by atoms with E-state index in [1.54, 1.807) is 0 Å². The highest BCUT2D eigenvalue weighted by molar-refractivity contribution is 8.19. The summed E-state index contributed by atoms with van der Waals surface area (Å²) in [4.78, 5) is 0. The fourth-order valence-electron chi connectivity index (χ4n) is 0.402. The molecular formula is C6H6S. The van der Waals surface area contributed by atoms with Gasteiger partial charge in [0.05, 0.1) is 0 Å². The number of hydrogen-bond acceptors (Lipinski definition) is 0. The van der Waals surface area contributed by atoms with Crippen molar-refractivity contribution in [2.24, 2.45) is 0 Å². The first-order chi connectivity index (χ1) is 3.43. The Morgan fingerprint density at radius 3 is 2.14 bits per heavy atom. The highest BCUT2D eigenvalue weighted by Gasteiger charge is 1.81. The minimum absolute atomic E-state index is 0.144. The molecule has 1 heteroatoms. The Hall–Kier alpha value is -0.520. The maximum atomic E-state index is 3.53. The maximum Gasteiger partial charge on any atom is -0.0233 e. The van der Waals surface area contributed by atoms with Gasteiger partial charge in [-0.3, -0.25) is 0 Å². The van der Waals surface area contributed by atoms with Crippen molar-refractivity contribution in [1.82, 2.24) is 0 Å². The lowest BCUT2D eigenvalue weighted by atomic mass is 10.6. The summed E-state index contributed by atoms with van der Waals surface area (Å²) in [5.41, 5.74) is 0. The Morgan fingerprint density at radius 1 is 1.29 bits per heavy atom. The molecule has 0 aromatic rings. The van der Waals surface area contributed by atoms with E-state index in [0.29, 0.717) is 0 Å². The fourth-order valence-corrected chi connectivity index (χ4v) is 1.20. The molecule has 0 aliphatic carbocycles. The van der Waals surface area contributed by atoms with Crippen LogP contribution in [-0.2, 0) is 0 Å². The van der Waals surface area contributed by atoms with E-state index < -0.39 is 0 Å². The second-order valence-corrected chi connectivity index (χ2v) is 2.75. The minimum atomic E-state index is 0.144. The Labute approximate surface area is 45.8 Å². The lowest BCUT2D eigenvalue weighted by molar-refractivity contribution is 2.15. The van der Waals surface area contributed by atoms with E-state index in [2.05, 4.69) is 22.4 Å². The highest BCUT2D eigenvalue weighted by Crippen LogP contribution is 2.18. The molecule has 0 N–H and O–H groups in total. The Balaban J connectivity index is 3.00. The molecule has 0 radical (unpaired) electrons. The summed E-state index contributed by atoms with van der Waals surface area (Å²) in [6.45, 7) is 3.53. The summed E-state index contributed by atoms with van der Waals surface area (Å²) in [5.74, 6) is 0. The SMILES string of the molecule is C=C=S1C=CC=C1. The summed E-state index contributed by atoms with van der Waals surface area (Å²) in [6.07, 6.45) is 4.03. The van der Waals surface area contributed by atoms with Gasteiger partial charge in [-0.1, -0.05) is 27.7 Å². The molecule has 0 spiro atoms. The number of hydrogen-bond donors (Lipinski definition) is 0. The van der Waals surface area contributed by atoms with Crippen LogP contribution in [0.3, 0.4) is 0 Å². The first kappa shape index (κ1) is 4.63. The molecule has 0 atom stereocenters. The van der Waals surface area contributed by atoms with E-state index in [-0.39, 0.29) is 10.5 Å². The van der Waals surface area contributed by atoms with Gasteiger partial charge in [0.1, 0.15) is 0 Å². The van der Waals surface area contributed by atoms with Crippen molar-refractivity contribution in [2.75, 3.05) is 0 Å². The number of allylic oxidation sites excluding steroid dienone is 2. The third kappa shape index (κ3) is 0.923. The van der Waals surface area contributed by atoms with E-state index in [9.17, 15) is 0 Å². The van der Waals surface area contributed by atoms with Gasteiger partial charge in [0.2, 0.25) is 0 Å². The van der Waals surface area contributed by atoms with Crippen molar-refractivity contribution in [3.05, 3.63) is 29.5 Å². The fraction of sp³-hybridized carbons (Fsp3) is 0. The smallest absolute Gasteiger partial charge is 0.0233 e. The second kappa shape index (κ2) is 1.97. The molecular weight excluding hydrogens is 104 g/mol. The van der Waals surface area contributed by atoms with Gasteiger partial charge < -0.3 is 0 Å². The average molecular weight is 110 g/mol. The predicted molar refractivity (Wildman–Crippen MR) is 36.5 cm³/mol. The topological polar surface area (TPSA) is 0 Å². The molecule has 0 fully saturated rings. The summed E-state index contributed by atoms with van der Waals surface area (Å²) in [7, 11) is 0.144. The molecule has 0 saturated heterocycles. The molecule has 1 rings (SSSR count). The van der Waals surface area contributed by atoms with E-state index in [0.717, 1.165) is 0 Å². The van der Waals surface area contributed by atoms with E-state index in [4.69, 9.17) is 0 Å². The predicted octanol–water partition coefficient (Wildman–Crippen LogP) is 1.88. The summed E-state index contributed by atoms with van der Waals surface area (Å²) >= 11 is 0. The van der Waals surface area contributed by atoms with Crippen LogP contribution in [0.2, 0.25) is 0 Å². The molecule has 36 valence electrons. The minimum Gasteiger partial charge on any atom is -0.0954 e. The standard InChI is InChI=1S/C6H6S/c1-2-7-5-3-4-6-7/h3-6H,1H2. The Bertz CT molecular complexity index is 155. The van der Waals surface area contributed by atoms with Gasteiger partial charge in [-0.25, -0.2) is 0 Å². The van der Waals surface area contributed by atoms with E-state index >= 15 is 0 Å². The highest BCUT2D eigenvalue weighted by atomic mass is 32.2. The van der Waals surface area contributed by atoms with Crippen LogP contribution < -0.4 is 0 Å². The van der Waals surface area contributed by atoms with Crippen molar-refractivity contribution >= 4 is 15.5 Å². The van der Waals surface area contributed by atoms with Gasteiger partial charge in [-0.05, 0) is 17.4 Å². The van der Waals surface area contributed by atoms with Gasteiger partial charge in [0.25, 0.3) is 0 Å². The molecule has 0 amide bonds. The first-order valence-corrected chi connectivity index (χ1v) is 3.38. The van der Waals surface area contributed by atoms with E-state index in [1.807, 2.05) is 12.2 Å². The molecule has 0 aromatic carbocycles. The van der Waals surface area contributed by atoms with Gasteiger partial charge in [0, 0.05) is 0 Å². The number of rotatable bonds is 0. The Morgan fingerprint density at radius 2 is 1.86 bits per heavy atom. The zero-order chi connectivity index (χ0) is 5.11. The Kier molecular flexibility index (Phi) is 1.30. The quantitative estimate of drug-likeness (QED) is 0.418. The van der Waals surface area contributed by atoms with Crippen LogP contribution in [0.1, 0.15) is 0 Å². The third-order valence-corrected chi connectivity index (χ3v) is 1.96. The van der Waals surface area contributed by atoms with Crippen molar-refractivity contribution in [2.45, 2.75) is 0 Å². The van der Waals surface area contributed by atoms with Crippen molar-refractivity contribution in [1.29, 1.82) is 0 Å². The zero-order valence-electron chi connectivity index (χ0n) is 3.92. The molecule has 7 heavy (non-hydrogen) atoms. The summed E-state index contributed by atoms with van der Waals surface area (Å²) in [6, 6.07) is 0. The molecule has 0 unspecified atom stereocenters. The van der Waals surface area contributed by atoms with Crippen molar-refractivity contribution in [3.63, 3.8) is 0 Å². The normalized spacial score (nSPS) is 17.7. The third-order valence-electron chi connectivity index (χ3n) is 0.728. The molecule has 1 heterocycles. The lowest BCUT2D eigenvalue weighted by Crippen LogP contribution is -1.41. The first-order valence-electron chi connectivity index (χ1n) is 2.03. The summed E-state index contributed by atoms with van der Waals surface area (Å²) in [5, 5.41) is 7.02. The molecule has 0 aromatic heterocycles. The zero-order valence-corrected chi connectivity index (χ0v) is 4.74. The molecule has 0 saturated carbocycles. The monoisotopic (exact) mass is 110 g/mol. The van der Waals surface area contributed by atoms with Crippen LogP contribution in [0.25, 0.3) is 0 Å². The van der Waals surface area contributed by atoms with Crippen LogP contribution in [0.15, 0.2) is 29.5 Å². The maximum absolute atomic E-state index is 3.53. The van der Waals surface area contributed by atoms with Crippen LogP contribution in [0.4, 0.5) is 0 Å². The van der Waals surface area contributed by atoms with Gasteiger partial charge >= 0.3 is 0 Å². The largest absolute Gasteiger partial charge is 0.0954 e. The van der Waals surface area contributed by atoms with Crippen LogP contribution in [-0.4, -0.2) is 5.02 Å². The molecule has 0 nitrogen and oxygen atoms in total. The van der Waals surface area contributed by atoms with Gasteiger partial charge in [-0.15, -0.1) is 0 Å². The van der Waals surface area contributed by atoms with Gasteiger partial charge in [-0.2, -0.15) is 0 Å². The molecule has 1 aliphatic heterocycles. The molecule has 1 aliphatic rings. The second-order valence-electron chi connectivity index (χ2n) is 1.17.